The molecule has 0 heterocycles. The number of carboxylic acid groups (broad SMARTS) is 1. The number of aliphatic carboxylic acids is 1. The molecule has 1 aromatic carbocycles. The van der Waals surface area contributed by atoms with Crippen molar-refractivity contribution in [2.24, 2.45) is 0 Å². The van der Waals surface area contributed by atoms with Crippen LogP contribution in [0.15, 0.2) is 36.4 Å². The van der Waals surface area contributed by atoms with Gasteiger partial charge in [0.25, 0.3) is 5.91 Å². The third-order valence-electron chi connectivity index (χ3n) is 2.21. The number of benzene rings is 1. The van der Waals surface area contributed by atoms with Crippen LogP contribution in [0.1, 0.15) is 12.5 Å². The fraction of sp³-hybridized carbons (Fsp3) is 0.154. The molecule has 0 saturated carbocycles. The van der Waals surface area contributed by atoms with Crippen LogP contribution in [0.2, 0.25) is 0 Å². The van der Waals surface area contributed by atoms with Crippen molar-refractivity contribution < 1.29 is 14.7 Å². The molecule has 18 heavy (non-hydrogen) atoms. The Balaban J connectivity index is 3.09. The van der Waals surface area contributed by atoms with Crippen molar-refractivity contribution in [2.75, 3.05) is 11.4 Å². The van der Waals surface area contributed by atoms with Crippen LogP contribution in [0.5, 0.6) is 0 Å². The maximum Gasteiger partial charge on any atom is 0.323 e. The topological polar surface area (TPSA) is 81.4 Å². The van der Waals surface area contributed by atoms with Gasteiger partial charge in [0.05, 0.1) is 11.6 Å². The average Bonchev–Trinajstić information content (AvgIpc) is 2.35. The van der Waals surface area contributed by atoms with Gasteiger partial charge in [-0.25, -0.2) is 0 Å². The van der Waals surface area contributed by atoms with Crippen LogP contribution >= 0.6 is 0 Å². The summed E-state index contributed by atoms with van der Waals surface area (Å²) in [5, 5.41) is 17.5. The van der Waals surface area contributed by atoms with E-state index >= 15 is 0 Å². The summed E-state index contributed by atoms with van der Waals surface area (Å²) in [5.41, 5.74) is 1.11. The SMILES string of the molecule is C=C(C)C(=O)N(CC(=O)O)c1ccc(C#N)cc1. The Kier molecular flexibility index (Phi) is 4.22. The van der Waals surface area contributed by atoms with Crippen LogP contribution in [0.4, 0.5) is 5.69 Å². The highest BCUT2D eigenvalue weighted by molar-refractivity contribution is 6.07. The predicted octanol–water partition coefficient (Wildman–Crippen LogP) is 1.55. The van der Waals surface area contributed by atoms with Gasteiger partial charge in [0.15, 0.2) is 0 Å². The number of anilines is 1. The number of nitrogens with zero attached hydrogens (tertiary/aromatic N) is 2. The van der Waals surface area contributed by atoms with Crippen molar-refractivity contribution in [3.05, 3.63) is 42.0 Å². The third-order valence-corrected chi connectivity index (χ3v) is 2.21. The van der Waals surface area contributed by atoms with E-state index in [0.717, 1.165) is 4.90 Å². The number of amides is 1. The summed E-state index contributed by atoms with van der Waals surface area (Å²) >= 11 is 0. The summed E-state index contributed by atoms with van der Waals surface area (Å²) in [7, 11) is 0. The van der Waals surface area contributed by atoms with Gasteiger partial charge in [-0.3, -0.25) is 14.5 Å². The van der Waals surface area contributed by atoms with Crippen LogP contribution in [-0.2, 0) is 9.59 Å². The Morgan fingerprint density at radius 1 is 1.39 bits per heavy atom. The molecule has 5 heteroatoms. The van der Waals surface area contributed by atoms with E-state index in [1.165, 1.54) is 31.2 Å². The molecule has 5 nitrogen and oxygen atoms in total. The van der Waals surface area contributed by atoms with Gasteiger partial charge in [-0.15, -0.1) is 0 Å². The quantitative estimate of drug-likeness (QED) is 0.815. The van der Waals surface area contributed by atoms with E-state index in [-0.39, 0.29) is 5.57 Å². The molecule has 0 bridgehead atoms. The lowest BCUT2D eigenvalue weighted by molar-refractivity contribution is -0.136. The van der Waals surface area contributed by atoms with E-state index in [0.29, 0.717) is 11.3 Å². The van der Waals surface area contributed by atoms with E-state index in [1.54, 1.807) is 0 Å². The first-order valence-electron chi connectivity index (χ1n) is 5.15. The molecule has 1 amide bonds. The molecule has 0 aliphatic rings. The van der Waals surface area contributed by atoms with E-state index < -0.39 is 18.4 Å². The molecular weight excluding hydrogens is 232 g/mol. The number of carbonyl (C=O) groups excluding carboxylic acids is 1. The molecule has 1 N–H and O–H groups in total. The average molecular weight is 244 g/mol. The fourth-order valence-electron chi connectivity index (χ4n) is 1.36. The minimum atomic E-state index is -1.12. The third kappa shape index (κ3) is 3.19. The molecule has 0 saturated heterocycles. The fourth-order valence-corrected chi connectivity index (χ4v) is 1.36. The van der Waals surface area contributed by atoms with Crippen molar-refractivity contribution in [1.82, 2.24) is 0 Å². The highest BCUT2D eigenvalue weighted by Gasteiger charge is 2.19. The van der Waals surface area contributed by atoms with Crippen molar-refractivity contribution in [1.29, 1.82) is 5.26 Å². The Morgan fingerprint density at radius 3 is 2.33 bits per heavy atom. The van der Waals surface area contributed by atoms with Crippen LogP contribution in [0.3, 0.4) is 0 Å². The summed E-state index contributed by atoms with van der Waals surface area (Å²) in [5.74, 6) is -1.57. The summed E-state index contributed by atoms with van der Waals surface area (Å²) in [6, 6.07) is 8.06. The molecule has 0 fully saturated rings. The van der Waals surface area contributed by atoms with Crippen molar-refractivity contribution in [3.8, 4) is 6.07 Å². The maximum atomic E-state index is 11.8. The monoisotopic (exact) mass is 244 g/mol. The lowest BCUT2D eigenvalue weighted by Crippen LogP contribution is -2.36. The zero-order valence-electron chi connectivity index (χ0n) is 9.88. The Hall–Kier alpha value is -2.61. The van der Waals surface area contributed by atoms with E-state index in [2.05, 4.69) is 6.58 Å². The predicted molar refractivity (Wildman–Crippen MR) is 66.0 cm³/mol. The molecule has 0 aromatic heterocycles. The van der Waals surface area contributed by atoms with Gasteiger partial charge in [-0.05, 0) is 31.2 Å². The van der Waals surface area contributed by atoms with E-state index in [9.17, 15) is 9.59 Å². The molecule has 1 rings (SSSR count). The highest BCUT2D eigenvalue weighted by Crippen LogP contribution is 2.17. The Labute approximate surface area is 105 Å². The van der Waals surface area contributed by atoms with Crippen LogP contribution in [0, 0.1) is 11.3 Å². The molecule has 0 aliphatic heterocycles. The van der Waals surface area contributed by atoms with Gasteiger partial charge < -0.3 is 5.11 Å². The van der Waals surface area contributed by atoms with Gasteiger partial charge in [-0.2, -0.15) is 5.26 Å². The second kappa shape index (κ2) is 5.64. The first-order chi connectivity index (χ1) is 8.45. The highest BCUT2D eigenvalue weighted by atomic mass is 16.4. The van der Waals surface area contributed by atoms with Crippen LogP contribution in [-0.4, -0.2) is 23.5 Å². The van der Waals surface area contributed by atoms with E-state index in [4.69, 9.17) is 10.4 Å². The zero-order chi connectivity index (χ0) is 13.7. The van der Waals surface area contributed by atoms with Crippen molar-refractivity contribution in [2.45, 2.75) is 6.92 Å². The summed E-state index contributed by atoms with van der Waals surface area (Å²) < 4.78 is 0. The molecule has 0 aliphatic carbocycles. The minimum absolute atomic E-state index is 0.251. The summed E-state index contributed by atoms with van der Waals surface area (Å²) in [4.78, 5) is 23.7. The van der Waals surface area contributed by atoms with Gasteiger partial charge in [0.1, 0.15) is 6.54 Å². The Morgan fingerprint density at radius 2 is 1.94 bits per heavy atom. The lowest BCUT2D eigenvalue weighted by Gasteiger charge is -2.20. The second-order valence-corrected chi connectivity index (χ2v) is 3.72. The number of hydrogen-bond acceptors (Lipinski definition) is 3. The standard InChI is InChI=1S/C13H12N2O3/c1-9(2)13(18)15(8-12(16)17)11-5-3-10(7-14)4-6-11/h3-6H,1,8H2,2H3,(H,16,17). The van der Waals surface area contributed by atoms with Crippen LogP contribution < -0.4 is 4.90 Å². The zero-order valence-corrected chi connectivity index (χ0v) is 9.88. The summed E-state index contributed by atoms with van der Waals surface area (Å²) in [6.45, 7) is 4.57. The largest absolute Gasteiger partial charge is 0.480 e. The molecule has 1 aromatic rings. The molecule has 92 valence electrons. The normalized spacial score (nSPS) is 9.33. The van der Waals surface area contributed by atoms with Gasteiger partial charge in [0.2, 0.25) is 0 Å². The van der Waals surface area contributed by atoms with Crippen LogP contribution in [0.25, 0.3) is 0 Å². The van der Waals surface area contributed by atoms with Gasteiger partial charge >= 0.3 is 5.97 Å². The number of nitriles is 1. The second-order valence-electron chi connectivity index (χ2n) is 3.72. The number of hydrogen-bond donors (Lipinski definition) is 1. The summed E-state index contributed by atoms with van der Waals surface area (Å²) in [6.07, 6.45) is 0. The van der Waals surface area contributed by atoms with Gasteiger partial charge in [0, 0.05) is 11.3 Å². The smallest absolute Gasteiger partial charge is 0.323 e. The number of rotatable bonds is 4. The molecule has 0 radical (unpaired) electrons. The first-order valence-corrected chi connectivity index (χ1v) is 5.15. The van der Waals surface area contributed by atoms with Crippen molar-refractivity contribution in [3.63, 3.8) is 0 Å². The lowest BCUT2D eigenvalue weighted by atomic mass is 10.2. The number of carboxylic acids is 1. The molecule has 0 atom stereocenters. The van der Waals surface area contributed by atoms with Crippen molar-refractivity contribution >= 4 is 17.6 Å². The van der Waals surface area contributed by atoms with E-state index in [1.807, 2.05) is 6.07 Å². The minimum Gasteiger partial charge on any atom is -0.480 e. The molecular formula is C13H12N2O3. The first kappa shape index (κ1) is 13.5. The number of carbonyl (C=O) groups is 2. The molecule has 0 unspecified atom stereocenters. The van der Waals surface area contributed by atoms with Gasteiger partial charge in [-0.1, -0.05) is 6.58 Å². The Bertz CT molecular complexity index is 526. The maximum absolute atomic E-state index is 11.8. The molecule has 0 spiro atoms.